The van der Waals surface area contributed by atoms with Gasteiger partial charge < -0.3 is 20.5 Å². The molecule has 2 aromatic rings. The Morgan fingerprint density at radius 1 is 1.31 bits per heavy atom. The number of anilines is 1. The number of nitrogens with one attached hydrogen (secondary N) is 2. The number of amides is 1. The lowest BCUT2D eigenvalue weighted by Gasteiger charge is -2.35. The number of ether oxygens (including phenoxy) is 1. The van der Waals surface area contributed by atoms with E-state index in [0.717, 1.165) is 37.9 Å². The second-order valence-corrected chi connectivity index (χ2v) is 9.23. The van der Waals surface area contributed by atoms with Gasteiger partial charge in [0, 0.05) is 31.5 Å². The maximum atomic E-state index is 13.8. The minimum atomic E-state index is -4.73. The van der Waals surface area contributed by atoms with Crippen molar-refractivity contribution < 1.29 is 27.8 Å². The fraction of sp³-hybridized carbons (Fsp3) is 0.480. The molecule has 1 aliphatic rings. The molecule has 0 unspecified atom stereocenters. The zero-order chi connectivity index (χ0) is 25.6. The van der Waals surface area contributed by atoms with Gasteiger partial charge in [-0.3, -0.25) is 4.79 Å². The van der Waals surface area contributed by atoms with Crippen LogP contribution in [0.3, 0.4) is 0 Å². The minimum Gasteiger partial charge on any atom is -0.496 e. The van der Waals surface area contributed by atoms with Crippen LogP contribution >= 0.6 is 0 Å². The number of carbonyl (C=O) groups excluding carboxylic acids is 1. The molecule has 188 valence electrons. The molecule has 0 aliphatic heterocycles. The highest BCUT2D eigenvalue weighted by molar-refractivity contribution is 5.94. The Hall–Kier alpha value is -3.32. The number of methoxy groups -OCH3 is 1. The van der Waals surface area contributed by atoms with Crippen LogP contribution in [0.15, 0.2) is 30.5 Å². The number of halogens is 3. The third-order valence-corrected chi connectivity index (χ3v) is 6.56. The van der Waals surface area contributed by atoms with Crippen molar-refractivity contribution in [1.82, 2.24) is 10.3 Å². The van der Waals surface area contributed by atoms with E-state index >= 15 is 0 Å². The van der Waals surface area contributed by atoms with E-state index in [1.807, 2.05) is 13.0 Å². The van der Waals surface area contributed by atoms with E-state index in [1.54, 1.807) is 12.1 Å². The number of aliphatic hydroxyl groups excluding tert-OH is 1. The molecule has 1 aromatic carbocycles. The Morgan fingerprint density at radius 2 is 2.03 bits per heavy atom. The molecule has 1 amide bonds. The quantitative estimate of drug-likeness (QED) is 0.503. The Morgan fingerprint density at radius 3 is 2.63 bits per heavy atom. The van der Waals surface area contributed by atoms with E-state index in [2.05, 4.69) is 15.6 Å². The first kappa shape index (κ1) is 26.3. The Kier molecular flexibility index (Phi) is 8.22. The highest BCUT2D eigenvalue weighted by atomic mass is 19.4. The van der Waals surface area contributed by atoms with Crippen molar-refractivity contribution in [2.75, 3.05) is 25.6 Å². The lowest BCUT2D eigenvalue weighted by atomic mass is 9.72. The van der Waals surface area contributed by atoms with Gasteiger partial charge in [-0.15, -0.1) is 0 Å². The number of pyridine rings is 1. The molecule has 0 bridgehead atoms. The predicted octanol–water partition coefficient (Wildman–Crippen LogP) is 4.51. The summed E-state index contributed by atoms with van der Waals surface area (Å²) in [7, 11) is 1.43. The van der Waals surface area contributed by atoms with Crippen LogP contribution in [0.5, 0.6) is 5.75 Å². The molecule has 0 spiro atoms. The first-order valence-corrected chi connectivity index (χ1v) is 11.4. The van der Waals surface area contributed by atoms with Crippen LogP contribution in [0.25, 0.3) is 0 Å². The molecule has 3 rings (SSSR count). The van der Waals surface area contributed by atoms with E-state index < -0.39 is 23.5 Å². The minimum absolute atomic E-state index is 0.0608. The largest absolute Gasteiger partial charge is 0.496 e. The molecule has 0 radical (unpaired) electrons. The predicted molar refractivity (Wildman–Crippen MR) is 124 cm³/mol. The third kappa shape index (κ3) is 6.63. The first-order valence-electron chi connectivity index (χ1n) is 11.4. The number of aliphatic hydroxyl groups is 1. The number of nitriles is 1. The van der Waals surface area contributed by atoms with Gasteiger partial charge in [0.2, 0.25) is 0 Å². The highest BCUT2D eigenvalue weighted by Crippen LogP contribution is 2.38. The molecule has 1 aromatic heterocycles. The molecular weight excluding hydrogens is 461 g/mol. The number of rotatable bonds is 8. The van der Waals surface area contributed by atoms with Gasteiger partial charge in [0.1, 0.15) is 11.6 Å². The molecule has 3 N–H and O–H groups in total. The van der Waals surface area contributed by atoms with Gasteiger partial charge in [-0.2, -0.15) is 18.4 Å². The van der Waals surface area contributed by atoms with Crippen LogP contribution < -0.4 is 15.4 Å². The van der Waals surface area contributed by atoms with Crippen LogP contribution in [0.4, 0.5) is 19.0 Å². The number of carbonyl (C=O) groups is 1. The molecule has 1 heterocycles. The maximum absolute atomic E-state index is 13.8. The Bertz CT molecular complexity index is 1090. The van der Waals surface area contributed by atoms with E-state index in [1.165, 1.54) is 13.2 Å². The normalized spacial score (nSPS) is 20.1. The van der Waals surface area contributed by atoms with Gasteiger partial charge in [0.05, 0.1) is 29.9 Å². The molecule has 0 saturated heterocycles. The fourth-order valence-electron chi connectivity index (χ4n) is 4.19. The fourth-order valence-corrected chi connectivity index (χ4v) is 4.19. The van der Waals surface area contributed by atoms with E-state index in [9.17, 15) is 23.1 Å². The standard InChI is InChI=1S/C25H29F3N4O3/c1-24(15-33)7-5-16(6-8-24)12-32-23(34)19-10-20(25(26,27)28)22(31-14-19)30-13-18-9-17(11-29)3-4-21(18)35-2/h3-4,9-10,14,16,33H,5-8,12-13,15H2,1-2H3,(H,30,31)(H,32,34). The summed E-state index contributed by atoms with van der Waals surface area (Å²) in [5.41, 5.74) is -0.500. The van der Waals surface area contributed by atoms with Crippen LogP contribution in [-0.2, 0) is 12.7 Å². The summed E-state index contributed by atoms with van der Waals surface area (Å²) in [6, 6.07) is 7.41. The summed E-state index contributed by atoms with van der Waals surface area (Å²) in [5.74, 6) is -0.403. The summed E-state index contributed by atoms with van der Waals surface area (Å²) in [6.45, 7) is 2.44. The summed E-state index contributed by atoms with van der Waals surface area (Å²) in [5, 5.41) is 23.9. The van der Waals surface area contributed by atoms with Crippen molar-refractivity contribution in [2.24, 2.45) is 11.3 Å². The van der Waals surface area contributed by atoms with Crippen molar-refractivity contribution in [3.8, 4) is 11.8 Å². The van der Waals surface area contributed by atoms with Crippen molar-refractivity contribution in [3.63, 3.8) is 0 Å². The number of hydrogen-bond donors (Lipinski definition) is 3. The monoisotopic (exact) mass is 490 g/mol. The van der Waals surface area contributed by atoms with Crippen molar-refractivity contribution in [3.05, 3.63) is 52.7 Å². The van der Waals surface area contributed by atoms with E-state index in [0.29, 0.717) is 23.4 Å². The number of aromatic nitrogens is 1. The van der Waals surface area contributed by atoms with E-state index in [4.69, 9.17) is 10.00 Å². The zero-order valence-electron chi connectivity index (χ0n) is 19.7. The number of hydrogen-bond acceptors (Lipinski definition) is 6. The molecule has 1 fully saturated rings. The summed E-state index contributed by atoms with van der Waals surface area (Å²) in [4.78, 5) is 16.4. The molecule has 35 heavy (non-hydrogen) atoms. The lowest BCUT2D eigenvalue weighted by molar-refractivity contribution is -0.137. The number of benzene rings is 1. The smallest absolute Gasteiger partial charge is 0.419 e. The maximum Gasteiger partial charge on any atom is 0.419 e. The lowest BCUT2D eigenvalue weighted by Crippen LogP contribution is -2.35. The van der Waals surface area contributed by atoms with Crippen LogP contribution in [0.2, 0.25) is 0 Å². The van der Waals surface area contributed by atoms with Gasteiger partial charge >= 0.3 is 6.18 Å². The van der Waals surface area contributed by atoms with Gasteiger partial charge in [-0.1, -0.05) is 6.92 Å². The topological polar surface area (TPSA) is 107 Å². The summed E-state index contributed by atoms with van der Waals surface area (Å²) >= 11 is 0. The van der Waals surface area contributed by atoms with Crippen LogP contribution in [-0.4, -0.2) is 36.3 Å². The highest BCUT2D eigenvalue weighted by Gasteiger charge is 2.35. The number of nitrogens with zero attached hydrogens (tertiary/aromatic N) is 2. The van der Waals surface area contributed by atoms with Gasteiger partial charge in [-0.25, -0.2) is 4.98 Å². The molecule has 1 saturated carbocycles. The second kappa shape index (κ2) is 11.0. The molecule has 10 heteroatoms. The SMILES string of the molecule is COc1ccc(C#N)cc1CNc1ncc(C(=O)NCC2CCC(C)(CO)CC2)cc1C(F)(F)F. The average Bonchev–Trinajstić information content (AvgIpc) is 2.86. The summed E-state index contributed by atoms with van der Waals surface area (Å²) in [6.07, 6.45) is -0.272. The average molecular weight is 491 g/mol. The van der Waals surface area contributed by atoms with Crippen molar-refractivity contribution in [2.45, 2.75) is 45.3 Å². The zero-order valence-corrected chi connectivity index (χ0v) is 19.7. The summed E-state index contributed by atoms with van der Waals surface area (Å²) < 4.78 is 46.5. The van der Waals surface area contributed by atoms with E-state index in [-0.39, 0.29) is 30.0 Å². The van der Waals surface area contributed by atoms with Crippen LogP contribution in [0.1, 0.15) is 59.7 Å². The van der Waals surface area contributed by atoms with Crippen molar-refractivity contribution >= 4 is 11.7 Å². The third-order valence-electron chi connectivity index (χ3n) is 6.56. The van der Waals surface area contributed by atoms with Gasteiger partial charge in [0.25, 0.3) is 5.91 Å². The van der Waals surface area contributed by atoms with Gasteiger partial charge in [-0.05, 0) is 61.3 Å². The molecule has 1 aliphatic carbocycles. The number of alkyl halides is 3. The molecular formula is C25H29F3N4O3. The van der Waals surface area contributed by atoms with Crippen molar-refractivity contribution in [1.29, 1.82) is 5.26 Å². The Balaban J connectivity index is 1.70. The molecule has 7 nitrogen and oxygen atoms in total. The first-order chi connectivity index (χ1) is 16.6. The van der Waals surface area contributed by atoms with Gasteiger partial charge in [0.15, 0.2) is 0 Å². The van der Waals surface area contributed by atoms with Crippen LogP contribution in [0, 0.1) is 22.7 Å². The Labute approximate surface area is 202 Å². The second-order valence-electron chi connectivity index (χ2n) is 9.23. The molecule has 0 atom stereocenters.